The van der Waals surface area contributed by atoms with Gasteiger partial charge in [-0.3, -0.25) is 19.4 Å². The number of amides is 1. The van der Waals surface area contributed by atoms with Gasteiger partial charge < -0.3 is 20.9 Å². The van der Waals surface area contributed by atoms with E-state index in [-0.39, 0.29) is 30.3 Å². The number of thioether (sulfide) groups is 1. The number of carboxylic acids is 1. The molecular weight excluding hydrogens is 406 g/mol. The molecule has 2 rings (SSSR count). The van der Waals surface area contributed by atoms with Gasteiger partial charge in [0.15, 0.2) is 5.78 Å². The number of rotatable bonds is 13. The third-order valence-corrected chi connectivity index (χ3v) is 5.57. The molecule has 0 radical (unpaired) electrons. The number of carbonyl (C=O) groups excluding carboxylic acids is 2. The van der Waals surface area contributed by atoms with Crippen LogP contribution in [0.25, 0.3) is 0 Å². The quantitative estimate of drug-likeness (QED) is 0.247. The number of aliphatic imine (C=N–C) groups is 1. The number of nitrogen functional groups attached to an aromatic ring is 1. The molecule has 0 aliphatic carbocycles. The molecule has 0 spiro atoms. The van der Waals surface area contributed by atoms with Gasteiger partial charge in [-0.2, -0.15) is 11.8 Å². The number of nitrogens with zero attached hydrogens (tertiary/aromatic N) is 1. The highest BCUT2D eigenvalue weighted by atomic mass is 32.2. The molecule has 0 fully saturated rings. The molecule has 8 nitrogen and oxygen atoms in total. The van der Waals surface area contributed by atoms with E-state index in [2.05, 4.69) is 10.3 Å². The minimum Gasteiger partial charge on any atom is -0.481 e. The molecule has 0 saturated heterocycles. The lowest BCUT2D eigenvalue weighted by molar-refractivity contribution is -0.141. The molecule has 1 atom stereocenters. The molecule has 9 heteroatoms. The van der Waals surface area contributed by atoms with E-state index in [0.29, 0.717) is 30.0 Å². The van der Waals surface area contributed by atoms with Crippen molar-refractivity contribution in [1.29, 1.82) is 0 Å². The van der Waals surface area contributed by atoms with Crippen molar-refractivity contribution in [3.63, 3.8) is 0 Å². The number of allylic oxidation sites excluding steroid dienone is 1. The molecule has 1 aromatic rings. The predicted molar refractivity (Wildman–Crippen MR) is 119 cm³/mol. The fraction of sp³-hybridized carbons (Fsp3) is 0.429. The molecule has 0 aromatic heterocycles. The van der Waals surface area contributed by atoms with E-state index in [1.165, 1.54) is 23.9 Å². The number of ketones is 1. The van der Waals surface area contributed by atoms with Gasteiger partial charge in [0.25, 0.3) is 0 Å². The average molecular weight is 434 g/mol. The van der Waals surface area contributed by atoms with Crippen molar-refractivity contribution < 1.29 is 24.2 Å². The van der Waals surface area contributed by atoms with Crippen LogP contribution in [-0.2, 0) is 14.3 Å². The Morgan fingerprint density at radius 1 is 1.37 bits per heavy atom. The van der Waals surface area contributed by atoms with E-state index in [0.717, 1.165) is 17.7 Å². The van der Waals surface area contributed by atoms with Crippen molar-refractivity contribution in [2.45, 2.75) is 25.7 Å². The molecule has 1 aromatic carbocycles. The summed E-state index contributed by atoms with van der Waals surface area (Å²) in [4.78, 5) is 40.4. The Labute approximate surface area is 180 Å². The summed E-state index contributed by atoms with van der Waals surface area (Å²) in [6.07, 6.45) is 4.96. The minimum absolute atomic E-state index is 0.140. The Morgan fingerprint density at radius 3 is 2.83 bits per heavy atom. The number of nitrogens with one attached hydrogen (secondary N) is 1. The Kier molecular flexibility index (Phi) is 9.56. The first-order valence-electron chi connectivity index (χ1n) is 9.62. The van der Waals surface area contributed by atoms with Gasteiger partial charge in [0, 0.05) is 44.5 Å². The van der Waals surface area contributed by atoms with E-state index < -0.39 is 11.9 Å². The van der Waals surface area contributed by atoms with Gasteiger partial charge >= 0.3 is 5.97 Å². The fourth-order valence-electron chi connectivity index (χ4n) is 2.92. The zero-order chi connectivity index (χ0) is 21.9. The highest BCUT2D eigenvalue weighted by Gasteiger charge is 2.24. The summed E-state index contributed by atoms with van der Waals surface area (Å²) in [5.41, 5.74) is 7.82. The van der Waals surface area contributed by atoms with Crippen molar-refractivity contribution >= 4 is 47.0 Å². The Balaban J connectivity index is 1.96. The molecule has 1 amide bonds. The number of Topliss-reactive ketones (excluding diaryl/α,β-unsaturated/α-hetero) is 1. The summed E-state index contributed by atoms with van der Waals surface area (Å²) in [6.45, 7) is 0.646. The third-order valence-electron chi connectivity index (χ3n) is 4.53. The van der Waals surface area contributed by atoms with Gasteiger partial charge in [-0.1, -0.05) is 0 Å². The normalized spacial score (nSPS) is 13.7. The zero-order valence-electron chi connectivity index (χ0n) is 16.9. The lowest BCUT2D eigenvalue weighted by Gasteiger charge is -2.13. The number of aliphatic carboxylic acids is 1. The molecule has 4 N–H and O–H groups in total. The molecule has 1 aliphatic heterocycles. The highest BCUT2D eigenvalue weighted by Crippen LogP contribution is 2.25. The fourth-order valence-corrected chi connectivity index (χ4v) is 3.64. The van der Waals surface area contributed by atoms with Crippen molar-refractivity contribution in [3.8, 4) is 0 Å². The first kappa shape index (κ1) is 23.6. The number of methoxy groups -OCH3 is 1. The smallest absolute Gasteiger partial charge is 0.307 e. The molecule has 30 heavy (non-hydrogen) atoms. The van der Waals surface area contributed by atoms with Crippen LogP contribution < -0.4 is 11.1 Å². The van der Waals surface area contributed by atoms with Crippen LogP contribution in [0.15, 0.2) is 35.0 Å². The van der Waals surface area contributed by atoms with Crippen LogP contribution in [0.4, 0.5) is 11.4 Å². The molecule has 1 aliphatic rings. The van der Waals surface area contributed by atoms with Gasteiger partial charge in [-0.05, 0) is 42.4 Å². The summed E-state index contributed by atoms with van der Waals surface area (Å²) in [7, 11) is 1.63. The second-order valence-corrected chi connectivity index (χ2v) is 8.04. The predicted octanol–water partition coefficient (Wildman–Crippen LogP) is 3.00. The number of carbonyl (C=O) groups is 3. The van der Waals surface area contributed by atoms with E-state index in [4.69, 9.17) is 10.5 Å². The van der Waals surface area contributed by atoms with Gasteiger partial charge in [-0.15, -0.1) is 0 Å². The molecule has 1 heterocycles. The van der Waals surface area contributed by atoms with Gasteiger partial charge in [0.05, 0.1) is 23.0 Å². The first-order chi connectivity index (χ1) is 14.4. The Bertz CT molecular complexity index is 838. The number of hydrogen-bond donors (Lipinski definition) is 3. The van der Waals surface area contributed by atoms with Crippen LogP contribution in [0.3, 0.4) is 0 Å². The second kappa shape index (κ2) is 12.1. The van der Waals surface area contributed by atoms with Crippen molar-refractivity contribution in [2.75, 3.05) is 36.3 Å². The highest BCUT2D eigenvalue weighted by molar-refractivity contribution is 7.99. The summed E-state index contributed by atoms with van der Waals surface area (Å²) in [6, 6.07) is 4.59. The maximum atomic E-state index is 12.7. The summed E-state index contributed by atoms with van der Waals surface area (Å²) < 4.78 is 4.97. The lowest BCUT2D eigenvalue weighted by atomic mass is 9.91. The maximum absolute atomic E-state index is 12.7. The number of anilines is 2. The number of hydrogen-bond acceptors (Lipinski definition) is 7. The van der Waals surface area contributed by atoms with Gasteiger partial charge in [0.2, 0.25) is 5.91 Å². The molecule has 0 bridgehead atoms. The molecule has 162 valence electrons. The van der Waals surface area contributed by atoms with E-state index >= 15 is 0 Å². The number of benzene rings is 1. The van der Waals surface area contributed by atoms with Gasteiger partial charge in [-0.25, -0.2) is 0 Å². The van der Waals surface area contributed by atoms with Crippen LogP contribution in [0.5, 0.6) is 0 Å². The average Bonchev–Trinajstić information content (AvgIpc) is 3.22. The van der Waals surface area contributed by atoms with Crippen LogP contribution >= 0.6 is 11.8 Å². The van der Waals surface area contributed by atoms with E-state index in [1.807, 2.05) is 0 Å². The Hall–Kier alpha value is -2.65. The van der Waals surface area contributed by atoms with Crippen LogP contribution in [-0.4, -0.2) is 54.2 Å². The summed E-state index contributed by atoms with van der Waals surface area (Å²) >= 11 is 1.48. The summed E-state index contributed by atoms with van der Waals surface area (Å²) in [5, 5.41) is 12.2. The minimum atomic E-state index is -1.02. The number of ether oxygens (including phenoxy) is 1. The third kappa shape index (κ3) is 7.64. The Morgan fingerprint density at radius 2 is 2.17 bits per heavy atom. The van der Waals surface area contributed by atoms with Crippen molar-refractivity contribution in [2.24, 2.45) is 10.9 Å². The lowest BCUT2D eigenvalue weighted by Crippen LogP contribution is -2.19. The maximum Gasteiger partial charge on any atom is 0.307 e. The second-order valence-electron chi connectivity index (χ2n) is 6.94. The van der Waals surface area contributed by atoms with Crippen LogP contribution in [0.2, 0.25) is 0 Å². The van der Waals surface area contributed by atoms with E-state index in [1.54, 1.807) is 25.6 Å². The van der Waals surface area contributed by atoms with Crippen LogP contribution in [0.1, 0.15) is 36.0 Å². The van der Waals surface area contributed by atoms with Crippen LogP contribution in [0, 0.1) is 5.92 Å². The van der Waals surface area contributed by atoms with E-state index in [9.17, 15) is 19.5 Å². The topological polar surface area (TPSA) is 131 Å². The largest absolute Gasteiger partial charge is 0.481 e. The van der Waals surface area contributed by atoms with Crippen molar-refractivity contribution in [1.82, 2.24) is 0 Å². The molecular formula is C21H27N3O5S. The standard InChI is InChI=1S/C21H27N3O5S/c1-29-7-2-8-30-13-20(26)24-18-10-15(3-4-17(18)22)19(25)11-16(21(27)28)9-14-5-6-23-12-14/h3-4,6,10,12,16H,2,5,7-9,11,13,22H2,1H3,(H,24,26)(H,27,28). The monoisotopic (exact) mass is 433 g/mol. The zero-order valence-corrected chi connectivity index (χ0v) is 17.7. The number of carboxylic acid groups (broad SMARTS) is 1. The van der Waals surface area contributed by atoms with Gasteiger partial charge in [0.1, 0.15) is 0 Å². The number of nitrogens with two attached hydrogens (primary N) is 1. The van der Waals surface area contributed by atoms with Crippen molar-refractivity contribution in [3.05, 3.63) is 35.5 Å². The first-order valence-corrected chi connectivity index (χ1v) is 10.8. The summed E-state index contributed by atoms with van der Waals surface area (Å²) in [5.74, 6) is -1.32. The SMILES string of the molecule is COCCCSCC(=O)Nc1cc(C(=O)CC(CC2=CN=CC2)C(=O)O)ccc1N. The molecule has 0 saturated carbocycles. The molecule has 1 unspecified atom stereocenters.